The van der Waals surface area contributed by atoms with Crippen molar-refractivity contribution in [2.45, 2.75) is 38.8 Å². The van der Waals surface area contributed by atoms with Gasteiger partial charge in [-0.25, -0.2) is 4.98 Å². The van der Waals surface area contributed by atoms with Gasteiger partial charge < -0.3 is 14.2 Å². The summed E-state index contributed by atoms with van der Waals surface area (Å²) in [6.07, 6.45) is 1.52. The second-order valence-electron chi connectivity index (χ2n) is 8.62. The first-order valence-corrected chi connectivity index (χ1v) is 11.7. The van der Waals surface area contributed by atoms with Gasteiger partial charge in [0.25, 0.3) is 0 Å². The number of amides is 1. The molecule has 2 heterocycles. The van der Waals surface area contributed by atoms with E-state index in [2.05, 4.69) is 41.8 Å². The molecule has 1 aliphatic rings. The van der Waals surface area contributed by atoms with Crippen LogP contribution in [0.5, 0.6) is 5.75 Å². The molecule has 33 heavy (non-hydrogen) atoms. The van der Waals surface area contributed by atoms with Crippen LogP contribution in [0.2, 0.25) is 0 Å². The highest BCUT2D eigenvalue weighted by atomic mass is 16.5. The lowest BCUT2D eigenvalue weighted by Crippen LogP contribution is -2.24. The highest BCUT2D eigenvalue weighted by Gasteiger charge is 2.33. The molecule has 0 unspecified atom stereocenters. The third kappa shape index (κ3) is 4.63. The summed E-state index contributed by atoms with van der Waals surface area (Å²) in [4.78, 5) is 19.7. The molecule has 1 aliphatic heterocycles. The Morgan fingerprint density at radius 2 is 1.70 bits per heavy atom. The summed E-state index contributed by atoms with van der Waals surface area (Å²) in [7, 11) is 0. The number of benzene rings is 3. The van der Waals surface area contributed by atoms with Crippen LogP contribution in [0.4, 0.5) is 0 Å². The van der Waals surface area contributed by atoms with E-state index in [1.807, 2.05) is 53.4 Å². The van der Waals surface area contributed by atoms with Crippen LogP contribution in [-0.4, -0.2) is 33.5 Å². The molecule has 1 amide bonds. The van der Waals surface area contributed by atoms with Crippen molar-refractivity contribution in [3.63, 3.8) is 0 Å². The van der Waals surface area contributed by atoms with Crippen molar-refractivity contribution in [2.24, 2.45) is 0 Å². The first-order chi connectivity index (χ1) is 16.2. The summed E-state index contributed by atoms with van der Waals surface area (Å²) < 4.78 is 8.28. The molecule has 4 aromatic rings. The van der Waals surface area contributed by atoms with Crippen LogP contribution in [0.3, 0.4) is 0 Å². The Bertz CT molecular complexity index is 1230. The normalized spacial score (nSPS) is 16.0. The Kier molecular flexibility index (Phi) is 6.11. The maximum Gasteiger partial charge on any atom is 0.223 e. The number of rotatable bonds is 8. The van der Waals surface area contributed by atoms with Crippen LogP contribution in [0, 0.1) is 0 Å². The number of hydrogen-bond donors (Lipinski definition) is 0. The van der Waals surface area contributed by atoms with E-state index in [1.165, 1.54) is 5.56 Å². The van der Waals surface area contributed by atoms with Crippen molar-refractivity contribution in [3.8, 4) is 5.75 Å². The highest BCUT2D eigenvalue weighted by Crippen LogP contribution is 2.31. The van der Waals surface area contributed by atoms with Gasteiger partial charge in [0.1, 0.15) is 18.2 Å². The molecule has 3 aromatic carbocycles. The van der Waals surface area contributed by atoms with Gasteiger partial charge in [-0.15, -0.1) is 0 Å². The second-order valence-corrected chi connectivity index (χ2v) is 8.62. The number of carbonyl (C=O) groups excluding carboxylic acids is 1. The molecule has 1 aromatic heterocycles. The van der Waals surface area contributed by atoms with Gasteiger partial charge in [-0.2, -0.15) is 0 Å². The van der Waals surface area contributed by atoms with Gasteiger partial charge in [0, 0.05) is 25.4 Å². The number of para-hydroxylation sites is 2. The van der Waals surface area contributed by atoms with Crippen LogP contribution < -0.4 is 4.74 Å². The van der Waals surface area contributed by atoms with Gasteiger partial charge in [0.05, 0.1) is 17.6 Å². The van der Waals surface area contributed by atoms with Crippen LogP contribution in [0.1, 0.15) is 36.2 Å². The number of nitrogens with zero attached hydrogens (tertiary/aromatic N) is 3. The zero-order chi connectivity index (χ0) is 22.6. The van der Waals surface area contributed by atoms with E-state index in [4.69, 9.17) is 9.72 Å². The summed E-state index contributed by atoms with van der Waals surface area (Å²) in [5, 5.41) is 0. The van der Waals surface area contributed by atoms with Gasteiger partial charge in [-0.05, 0) is 41.8 Å². The number of ether oxygens (including phenoxy) is 1. The van der Waals surface area contributed by atoms with Gasteiger partial charge in [-0.3, -0.25) is 4.79 Å². The van der Waals surface area contributed by atoms with Gasteiger partial charge in [0.2, 0.25) is 5.91 Å². The average molecular weight is 440 g/mol. The van der Waals surface area contributed by atoms with Crippen molar-refractivity contribution < 1.29 is 9.53 Å². The standard InChI is InChI=1S/C28H29N3O2/c1-2-21-12-14-24(15-13-21)33-17-16-31-26-11-7-6-10-25(26)29-28(31)23-18-27(32)30(20-23)19-22-8-4-3-5-9-22/h3-15,23H,2,16-20H2,1H3/t23-/m0/s1. The minimum Gasteiger partial charge on any atom is -0.492 e. The first kappa shape index (κ1) is 21.3. The molecular formula is C28H29N3O2. The molecule has 0 aliphatic carbocycles. The number of likely N-dealkylation sites (tertiary alicyclic amines) is 1. The minimum absolute atomic E-state index is 0.0810. The molecule has 1 saturated heterocycles. The predicted molar refractivity (Wildman–Crippen MR) is 130 cm³/mol. The molecule has 5 rings (SSSR count). The summed E-state index contributed by atoms with van der Waals surface area (Å²) in [6, 6.07) is 26.6. The lowest BCUT2D eigenvalue weighted by atomic mass is 10.1. The van der Waals surface area contributed by atoms with E-state index in [1.54, 1.807) is 0 Å². The van der Waals surface area contributed by atoms with Gasteiger partial charge in [0.15, 0.2) is 0 Å². The summed E-state index contributed by atoms with van der Waals surface area (Å²) in [5.74, 6) is 2.13. The zero-order valence-corrected chi connectivity index (χ0v) is 19.0. The quantitative estimate of drug-likeness (QED) is 0.379. The van der Waals surface area contributed by atoms with E-state index >= 15 is 0 Å². The van der Waals surface area contributed by atoms with Crippen LogP contribution in [-0.2, 0) is 24.3 Å². The lowest BCUT2D eigenvalue weighted by Gasteiger charge is -2.17. The van der Waals surface area contributed by atoms with Crippen molar-refractivity contribution >= 4 is 16.9 Å². The topological polar surface area (TPSA) is 47.4 Å². The molecule has 0 spiro atoms. The number of fused-ring (bicyclic) bond motifs is 1. The smallest absolute Gasteiger partial charge is 0.223 e. The van der Waals surface area contributed by atoms with E-state index < -0.39 is 0 Å². The van der Waals surface area contributed by atoms with Gasteiger partial charge in [-0.1, -0.05) is 61.5 Å². The predicted octanol–water partition coefficient (Wildman–Crippen LogP) is 5.19. The Morgan fingerprint density at radius 3 is 2.48 bits per heavy atom. The van der Waals surface area contributed by atoms with E-state index in [9.17, 15) is 4.79 Å². The molecule has 5 nitrogen and oxygen atoms in total. The highest BCUT2D eigenvalue weighted by molar-refractivity contribution is 5.81. The maximum absolute atomic E-state index is 12.8. The fraction of sp³-hybridized carbons (Fsp3) is 0.286. The van der Waals surface area contributed by atoms with E-state index in [0.29, 0.717) is 32.7 Å². The largest absolute Gasteiger partial charge is 0.492 e. The Labute approximate surface area is 194 Å². The average Bonchev–Trinajstić information content (AvgIpc) is 3.40. The van der Waals surface area contributed by atoms with E-state index in [-0.39, 0.29) is 11.8 Å². The lowest BCUT2D eigenvalue weighted by molar-refractivity contribution is -0.128. The molecule has 0 N–H and O–H groups in total. The maximum atomic E-state index is 12.8. The number of hydrogen-bond acceptors (Lipinski definition) is 3. The Balaban J connectivity index is 1.33. The number of imidazole rings is 1. The van der Waals surface area contributed by atoms with Crippen LogP contribution in [0.15, 0.2) is 78.9 Å². The first-order valence-electron chi connectivity index (χ1n) is 11.7. The Hall–Kier alpha value is -3.60. The SMILES string of the molecule is CCc1ccc(OCCn2c([C@H]3CC(=O)N(Cc4ccccc4)C3)nc3ccccc32)cc1. The van der Waals surface area contributed by atoms with Crippen molar-refractivity contribution in [3.05, 3.63) is 95.8 Å². The summed E-state index contributed by atoms with van der Waals surface area (Å²) in [6.45, 7) is 4.72. The second kappa shape index (κ2) is 9.49. The molecule has 0 bridgehead atoms. The third-order valence-corrected chi connectivity index (χ3v) is 6.40. The minimum atomic E-state index is 0.0810. The van der Waals surface area contributed by atoms with Crippen molar-refractivity contribution in [1.82, 2.24) is 14.5 Å². The van der Waals surface area contributed by atoms with Crippen molar-refractivity contribution in [2.75, 3.05) is 13.2 Å². The molecule has 1 atom stereocenters. The molecule has 168 valence electrons. The number of carbonyl (C=O) groups is 1. The fourth-order valence-electron chi connectivity index (χ4n) is 4.62. The van der Waals surface area contributed by atoms with Crippen molar-refractivity contribution in [1.29, 1.82) is 0 Å². The third-order valence-electron chi connectivity index (χ3n) is 6.40. The Morgan fingerprint density at radius 1 is 0.939 bits per heavy atom. The summed E-state index contributed by atoms with van der Waals surface area (Å²) >= 11 is 0. The van der Waals surface area contributed by atoms with E-state index in [0.717, 1.165) is 34.6 Å². The molecular weight excluding hydrogens is 410 g/mol. The molecule has 0 saturated carbocycles. The summed E-state index contributed by atoms with van der Waals surface area (Å²) in [5.41, 5.74) is 4.51. The molecule has 1 fully saturated rings. The fourth-order valence-corrected chi connectivity index (χ4v) is 4.62. The molecule has 5 heteroatoms. The number of aromatic nitrogens is 2. The van der Waals surface area contributed by atoms with Crippen LogP contribution in [0.25, 0.3) is 11.0 Å². The number of aryl methyl sites for hydroxylation is 1. The van der Waals surface area contributed by atoms with Gasteiger partial charge >= 0.3 is 0 Å². The van der Waals surface area contributed by atoms with Crippen LogP contribution >= 0.6 is 0 Å². The molecule has 0 radical (unpaired) electrons. The monoisotopic (exact) mass is 439 g/mol. The zero-order valence-electron chi connectivity index (χ0n) is 19.0.